The van der Waals surface area contributed by atoms with Gasteiger partial charge in [0.15, 0.2) is 0 Å². The summed E-state index contributed by atoms with van der Waals surface area (Å²) in [6.45, 7) is 8.84. The van der Waals surface area contributed by atoms with Crippen molar-refractivity contribution in [3.63, 3.8) is 0 Å². The number of benzene rings is 1. The second kappa shape index (κ2) is 6.75. The van der Waals surface area contributed by atoms with Gasteiger partial charge in [-0.25, -0.2) is 4.39 Å². The van der Waals surface area contributed by atoms with Crippen LogP contribution in [0.2, 0.25) is 0 Å². The first-order valence-electron chi connectivity index (χ1n) is 6.53. The van der Waals surface area contributed by atoms with Crippen LogP contribution in [0.4, 0.5) is 4.39 Å². The predicted molar refractivity (Wildman–Crippen MR) is 71.6 cm³/mol. The molecule has 3 atom stereocenters. The van der Waals surface area contributed by atoms with Crippen LogP contribution in [0.5, 0.6) is 0 Å². The van der Waals surface area contributed by atoms with Gasteiger partial charge in [-0.1, -0.05) is 32.4 Å². The Kier molecular flexibility index (Phi) is 5.63. The second-order valence-electron chi connectivity index (χ2n) is 5.08. The van der Waals surface area contributed by atoms with Crippen molar-refractivity contribution in [1.82, 2.24) is 5.32 Å². The molecule has 1 aromatic rings. The van der Waals surface area contributed by atoms with E-state index in [2.05, 4.69) is 33.0 Å². The molecule has 0 fully saturated rings. The Hall–Kier alpha value is -0.890. The molecule has 0 aliphatic heterocycles. The maximum absolute atomic E-state index is 13.0. The monoisotopic (exact) mass is 237 g/mol. The van der Waals surface area contributed by atoms with Gasteiger partial charge in [-0.3, -0.25) is 0 Å². The van der Waals surface area contributed by atoms with Gasteiger partial charge in [0.1, 0.15) is 5.82 Å². The number of nitrogens with one attached hydrogen (secondary N) is 1. The predicted octanol–water partition coefficient (Wildman–Crippen LogP) is 3.78. The lowest BCUT2D eigenvalue weighted by Crippen LogP contribution is -2.39. The van der Waals surface area contributed by atoms with Crippen molar-refractivity contribution in [3.05, 3.63) is 35.6 Å². The van der Waals surface area contributed by atoms with Gasteiger partial charge in [-0.05, 0) is 43.9 Å². The van der Waals surface area contributed by atoms with Crippen molar-refractivity contribution >= 4 is 0 Å². The fraction of sp³-hybridized carbons (Fsp3) is 0.600. The minimum Gasteiger partial charge on any atom is -0.311 e. The molecule has 0 aliphatic rings. The van der Waals surface area contributed by atoms with Gasteiger partial charge in [-0.2, -0.15) is 0 Å². The van der Waals surface area contributed by atoms with Gasteiger partial charge < -0.3 is 5.32 Å². The number of rotatable bonds is 6. The first kappa shape index (κ1) is 14.2. The minimum atomic E-state index is -0.148. The van der Waals surface area contributed by atoms with E-state index < -0.39 is 0 Å². The molecule has 1 N–H and O–H groups in total. The van der Waals surface area contributed by atoms with E-state index in [1.807, 2.05) is 6.07 Å². The van der Waals surface area contributed by atoms with Crippen LogP contribution in [-0.4, -0.2) is 12.1 Å². The van der Waals surface area contributed by atoms with Gasteiger partial charge in [0.05, 0.1) is 0 Å². The Labute approximate surface area is 104 Å². The van der Waals surface area contributed by atoms with Crippen molar-refractivity contribution < 1.29 is 4.39 Å². The highest BCUT2D eigenvalue weighted by Crippen LogP contribution is 2.10. The Balaban J connectivity index is 2.47. The first-order chi connectivity index (χ1) is 8.02. The molecule has 0 bridgehead atoms. The molecule has 0 radical (unpaired) electrons. The zero-order chi connectivity index (χ0) is 12.8. The molecule has 0 heterocycles. The van der Waals surface area contributed by atoms with Crippen molar-refractivity contribution in [3.8, 4) is 0 Å². The van der Waals surface area contributed by atoms with E-state index in [1.54, 1.807) is 12.1 Å². The third kappa shape index (κ3) is 4.86. The zero-order valence-electron chi connectivity index (χ0n) is 11.3. The Morgan fingerprint density at radius 2 is 1.94 bits per heavy atom. The normalized spacial score (nSPS) is 16.5. The third-order valence-corrected chi connectivity index (χ3v) is 3.48. The summed E-state index contributed by atoms with van der Waals surface area (Å²) in [5.41, 5.74) is 1.06. The van der Waals surface area contributed by atoms with Gasteiger partial charge in [0.2, 0.25) is 0 Å². The molecular weight excluding hydrogens is 213 g/mol. The molecule has 0 saturated carbocycles. The lowest BCUT2D eigenvalue weighted by molar-refractivity contribution is 0.355. The number of hydrogen-bond donors (Lipinski definition) is 1. The average molecular weight is 237 g/mol. The maximum Gasteiger partial charge on any atom is 0.123 e. The van der Waals surface area contributed by atoms with Gasteiger partial charge in [0, 0.05) is 12.1 Å². The first-order valence-corrected chi connectivity index (χ1v) is 6.53. The van der Waals surface area contributed by atoms with Crippen LogP contribution >= 0.6 is 0 Å². The Morgan fingerprint density at radius 3 is 2.53 bits per heavy atom. The van der Waals surface area contributed by atoms with E-state index in [9.17, 15) is 4.39 Å². The van der Waals surface area contributed by atoms with E-state index in [1.165, 1.54) is 12.5 Å². The average Bonchev–Trinajstić information content (AvgIpc) is 2.27. The standard InChI is InChI=1S/C15H24FN/c1-5-11(2)13(4)17-12(3)9-14-7-6-8-15(16)10-14/h6-8,10-13,17H,5,9H2,1-4H3. The highest BCUT2D eigenvalue weighted by molar-refractivity contribution is 5.17. The largest absolute Gasteiger partial charge is 0.311 e. The molecule has 96 valence electrons. The molecule has 3 unspecified atom stereocenters. The quantitative estimate of drug-likeness (QED) is 0.794. The summed E-state index contributed by atoms with van der Waals surface area (Å²) in [5.74, 6) is 0.523. The molecule has 0 amide bonds. The van der Waals surface area contributed by atoms with Crippen molar-refractivity contribution in [2.24, 2.45) is 5.92 Å². The van der Waals surface area contributed by atoms with Crippen molar-refractivity contribution in [2.45, 2.75) is 52.6 Å². The molecule has 0 saturated heterocycles. The van der Waals surface area contributed by atoms with E-state index in [0.717, 1.165) is 12.0 Å². The topological polar surface area (TPSA) is 12.0 Å². The van der Waals surface area contributed by atoms with E-state index in [-0.39, 0.29) is 5.82 Å². The summed E-state index contributed by atoms with van der Waals surface area (Å²) < 4.78 is 13.0. The van der Waals surface area contributed by atoms with E-state index in [4.69, 9.17) is 0 Å². The minimum absolute atomic E-state index is 0.148. The SMILES string of the molecule is CCC(C)C(C)NC(C)Cc1cccc(F)c1. The number of hydrogen-bond acceptors (Lipinski definition) is 1. The molecular formula is C15H24FN. The summed E-state index contributed by atoms with van der Waals surface area (Å²) in [7, 11) is 0. The van der Waals surface area contributed by atoms with Crippen LogP contribution in [0.1, 0.15) is 39.7 Å². The maximum atomic E-state index is 13.0. The van der Waals surface area contributed by atoms with Crippen LogP contribution < -0.4 is 5.32 Å². The molecule has 17 heavy (non-hydrogen) atoms. The Bertz CT molecular complexity index is 337. The van der Waals surface area contributed by atoms with Crippen LogP contribution in [-0.2, 0) is 6.42 Å². The lowest BCUT2D eigenvalue weighted by atomic mass is 9.99. The summed E-state index contributed by atoms with van der Waals surface area (Å²) in [4.78, 5) is 0. The summed E-state index contributed by atoms with van der Waals surface area (Å²) in [6.07, 6.45) is 2.05. The summed E-state index contributed by atoms with van der Waals surface area (Å²) >= 11 is 0. The van der Waals surface area contributed by atoms with Gasteiger partial charge >= 0.3 is 0 Å². The fourth-order valence-corrected chi connectivity index (χ4v) is 2.04. The molecule has 1 rings (SSSR count). The Morgan fingerprint density at radius 1 is 1.24 bits per heavy atom. The molecule has 2 heteroatoms. The van der Waals surface area contributed by atoms with E-state index in [0.29, 0.717) is 18.0 Å². The highest BCUT2D eigenvalue weighted by atomic mass is 19.1. The third-order valence-electron chi connectivity index (χ3n) is 3.48. The van der Waals surface area contributed by atoms with Gasteiger partial charge in [0.25, 0.3) is 0 Å². The molecule has 1 nitrogen and oxygen atoms in total. The lowest BCUT2D eigenvalue weighted by Gasteiger charge is -2.24. The summed E-state index contributed by atoms with van der Waals surface area (Å²) in [6, 6.07) is 7.74. The van der Waals surface area contributed by atoms with Gasteiger partial charge in [-0.15, -0.1) is 0 Å². The highest BCUT2D eigenvalue weighted by Gasteiger charge is 2.13. The fourth-order valence-electron chi connectivity index (χ4n) is 2.04. The molecule has 0 spiro atoms. The van der Waals surface area contributed by atoms with Crippen LogP contribution in [0.25, 0.3) is 0 Å². The van der Waals surface area contributed by atoms with Crippen LogP contribution in [0, 0.1) is 11.7 Å². The van der Waals surface area contributed by atoms with Crippen molar-refractivity contribution in [2.75, 3.05) is 0 Å². The molecule has 0 aliphatic carbocycles. The van der Waals surface area contributed by atoms with E-state index >= 15 is 0 Å². The summed E-state index contributed by atoms with van der Waals surface area (Å²) in [5, 5.41) is 3.58. The smallest absolute Gasteiger partial charge is 0.123 e. The van der Waals surface area contributed by atoms with Crippen LogP contribution in [0.3, 0.4) is 0 Å². The number of halogens is 1. The van der Waals surface area contributed by atoms with Crippen molar-refractivity contribution in [1.29, 1.82) is 0 Å². The zero-order valence-corrected chi connectivity index (χ0v) is 11.3. The second-order valence-corrected chi connectivity index (χ2v) is 5.08. The van der Waals surface area contributed by atoms with Crippen LogP contribution in [0.15, 0.2) is 24.3 Å². The molecule has 0 aromatic heterocycles. The molecule has 1 aromatic carbocycles.